The Labute approximate surface area is 623 Å². The zero-order valence-electron chi connectivity index (χ0n) is 62.3. The van der Waals surface area contributed by atoms with Crippen LogP contribution in [0.15, 0.2) is 255 Å². The minimum absolute atomic E-state index is 0.0000969. The molecule has 4 nitrogen and oxygen atoms in total. The van der Waals surface area contributed by atoms with Crippen molar-refractivity contribution in [2.75, 3.05) is 19.6 Å². The summed E-state index contributed by atoms with van der Waals surface area (Å²) in [5.74, 6) is 3.99. The van der Waals surface area contributed by atoms with Gasteiger partial charge in [-0.1, -0.05) is 173 Å². The molecule has 4 saturated carbocycles. The number of hydrogen-bond donors (Lipinski definition) is 0. The molecule has 15 aromatic carbocycles. The lowest BCUT2D eigenvalue weighted by Crippen LogP contribution is -2.40. The monoisotopic (exact) mass is 1370 g/mol. The fourth-order valence-electron chi connectivity index (χ4n) is 25.6. The van der Waals surface area contributed by atoms with E-state index in [1.54, 1.807) is 0 Å². The van der Waals surface area contributed by atoms with E-state index in [-0.39, 0.29) is 22.2 Å². The fourth-order valence-corrected chi connectivity index (χ4v) is 25.6. The van der Waals surface area contributed by atoms with Gasteiger partial charge in [0.05, 0.1) is 0 Å². The van der Waals surface area contributed by atoms with Gasteiger partial charge in [-0.15, -0.1) is 0 Å². The zero-order valence-corrected chi connectivity index (χ0v) is 62.3. The number of rotatable bonds is 8. The van der Waals surface area contributed by atoms with Crippen LogP contribution in [-0.4, -0.2) is 22.2 Å². The standard InChI is InChI=1S/C102H90N4/c1-59-45-49-99(5)95(59)83-53-63(29-41-87(83)103(99)67-21-13-9-14-22-67)71-33-37-75-79-57-81-77-39-35-73(65-31-43-89-85(55-65)97-61(3)47-51-101(97,7)105(89)69-25-17-11-18-26-69)92-74(66-32-44-90-86(56-66)98-62(4)48-52-102(98,8)106(90)70-27-19-12-20-28-70)36-40-78(94(77)92)82(81)58-80(79)76-38-34-72(91(71)93(75)76)64-30-42-88-84(54-64)96-60(2)46-50-100(96,6)104(88)68-23-15-10-16-24-68/h9-44,53-62,95-98H,45-52H2,1-8H3. The van der Waals surface area contributed by atoms with Crippen LogP contribution in [0.3, 0.4) is 0 Å². The summed E-state index contributed by atoms with van der Waals surface area (Å²) in [6.07, 6.45) is 9.62. The van der Waals surface area contributed by atoms with Gasteiger partial charge in [0.1, 0.15) is 0 Å². The van der Waals surface area contributed by atoms with E-state index in [9.17, 15) is 0 Å². The summed E-state index contributed by atoms with van der Waals surface area (Å²) in [6, 6.07) is 101. The molecule has 4 heteroatoms. The summed E-state index contributed by atoms with van der Waals surface area (Å²) in [6.45, 7) is 20.3. The lowest BCUT2D eigenvalue weighted by Gasteiger charge is -2.38. The van der Waals surface area contributed by atoms with Gasteiger partial charge in [-0.3, -0.25) is 0 Å². The number of fused-ring (bicyclic) bond motifs is 18. The van der Waals surface area contributed by atoms with Gasteiger partial charge in [-0.2, -0.15) is 0 Å². The Morgan fingerprint density at radius 3 is 0.689 bits per heavy atom. The van der Waals surface area contributed by atoms with E-state index >= 15 is 0 Å². The first-order valence-corrected chi connectivity index (χ1v) is 40.1. The molecule has 0 N–H and O–H groups in total. The van der Waals surface area contributed by atoms with Crippen LogP contribution in [0.4, 0.5) is 45.5 Å². The van der Waals surface area contributed by atoms with Crippen molar-refractivity contribution in [2.24, 2.45) is 23.7 Å². The SMILES string of the molecule is CC1CCC2(C)C1c1cc(-c3ccc4c5cc6c(cc5c5ccc(-c7ccc8c(c7)C7C(C)CCC7(C)N8c7ccccc7)c3c45)c3ccc(-c4ccc5c(c4)C4C(C)CCC4(C)N5c4ccccc4)c4c(-c5ccc7c(c5)C5C(C)CCC5(C)N7c5ccccc5)ccc6c43)ccc1N2c1ccccc1. The summed E-state index contributed by atoms with van der Waals surface area (Å²) >= 11 is 0. The Bertz CT molecular complexity index is 5460. The average molecular weight is 1370 g/mol. The van der Waals surface area contributed by atoms with Gasteiger partial charge in [-0.05, 0) is 343 Å². The maximum atomic E-state index is 2.71. The highest BCUT2D eigenvalue weighted by atomic mass is 15.3. The molecular weight excluding hydrogens is 1280 g/mol. The third-order valence-corrected chi connectivity index (χ3v) is 29.8. The predicted molar refractivity (Wildman–Crippen MR) is 448 cm³/mol. The Balaban J connectivity index is 0.751. The normalized spacial score (nSPS) is 27.4. The molecule has 4 aliphatic heterocycles. The molecule has 4 aliphatic carbocycles. The van der Waals surface area contributed by atoms with Gasteiger partial charge in [0.15, 0.2) is 0 Å². The van der Waals surface area contributed by atoms with Gasteiger partial charge in [0, 0.05) is 91.3 Å². The van der Waals surface area contributed by atoms with Crippen molar-refractivity contribution in [2.45, 2.75) is 153 Å². The van der Waals surface area contributed by atoms with Crippen molar-refractivity contribution in [3.05, 3.63) is 277 Å². The summed E-state index contributed by atoms with van der Waals surface area (Å²) in [4.78, 5) is 10.9. The minimum atomic E-state index is -0.0000969. The molecule has 15 aromatic rings. The molecule has 12 atom stereocenters. The lowest BCUT2D eigenvalue weighted by atomic mass is 9.81. The van der Waals surface area contributed by atoms with Gasteiger partial charge in [0.2, 0.25) is 0 Å². The van der Waals surface area contributed by atoms with Gasteiger partial charge >= 0.3 is 0 Å². The number of nitrogens with zero attached hydrogens (tertiary/aromatic N) is 4. The van der Waals surface area contributed by atoms with E-state index in [0.717, 1.165) is 0 Å². The molecule has 0 spiro atoms. The molecule has 0 saturated heterocycles. The third-order valence-electron chi connectivity index (χ3n) is 29.8. The van der Waals surface area contributed by atoms with Gasteiger partial charge in [-0.25, -0.2) is 0 Å². The highest BCUT2D eigenvalue weighted by Crippen LogP contribution is 2.67. The fraction of sp³-hybridized carbons (Fsp3) is 0.275. The maximum Gasteiger partial charge on any atom is 0.0495 e. The molecule has 0 radical (unpaired) electrons. The average Bonchev–Trinajstić information content (AvgIpc) is 1.57. The number of hydrogen-bond acceptors (Lipinski definition) is 4. The van der Waals surface area contributed by atoms with Crippen LogP contribution < -0.4 is 19.6 Å². The first kappa shape index (κ1) is 61.8. The van der Waals surface area contributed by atoms with Crippen molar-refractivity contribution in [1.82, 2.24) is 0 Å². The lowest BCUT2D eigenvalue weighted by molar-refractivity contribution is 0.414. The van der Waals surface area contributed by atoms with E-state index in [1.165, 1.54) is 228 Å². The van der Waals surface area contributed by atoms with Crippen molar-refractivity contribution < 1.29 is 0 Å². The number of benzene rings is 13. The summed E-state index contributed by atoms with van der Waals surface area (Å²) in [5.41, 5.74) is 27.2. The zero-order chi connectivity index (χ0) is 70.8. The van der Waals surface area contributed by atoms with E-state index in [0.29, 0.717) is 47.3 Å². The van der Waals surface area contributed by atoms with E-state index < -0.39 is 0 Å². The van der Waals surface area contributed by atoms with Crippen molar-refractivity contribution in [1.29, 1.82) is 0 Å². The predicted octanol–water partition coefficient (Wildman–Crippen LogP) is 27.8. The molecule has 0 amide bonds. The van der Waals surface area contributed by atoms with Crippen molar-refractivity contribution in [3.8, 4) is 44.5 Å². The second kappa shape index (κ2) is 21.7. The molecule has 12 unspecified atom stereocenters. The summed E-state index contributed by atoms with van der Waals surface area (Å²) < 4.78 is 0. The summed E-state index contributed by atoms with van der Waals surface area (Å²) in [5, 5.41) is 16.2. The summed E-state index contributed by atoms with van der Waals surface area (Å²) in [7, 11) is 0. The van der Waals surface area contributed by atoms with Crippen LogP contribution in [0.1, 0.15) is 153 Å². The van der Waals surface area contributed by atoms with Crippen molar-refractivity contribution in [3.63, 3.8) is 0 Å². The van der Waals surface area contributed by atoms with E-state index in [2.05, 4.69) is 330 Å². The highest BCUT2D eigenvalue weighted by molar-refractivity contribution is 6.40. The van der Waals surface area contributed by atoms with Gasteiger partial charge in [0.25, 0.3) is 0 Å². The number of para-hydroxylation sites is 4. The second-order valence-electron chi connectivity index (χ2n) is 35.3. The van der Waals surface area contributed by atoms with E-state index in [4.69, 9.17) is 0 Å². The molecule has 8 aliphatic rings. The number of anilines is 8. The Morgan fingerprint density at radius 1 is 0.236 bits per heavy atom. The molecule has 23 rings (SSSR count). The van der Waals surface area contributed by atoms with Crippen molar-refractivity contribution >= 4 is 110 Å². The second-order valence-corrected chi connectivity index (χ2v) is 35.3. The Morgan fingerprint density at radius 2 is 0.462 bits per heavy atom. The molecule has 106 heavy (non-hydrogen) atoms. The first-order valence-electron chi connectivity index (χ1n) is 40.1. The van der Waals surface area contributed by atoms with Crippen LogP contribution in [0, 0.1) is 23.7 Å². The molecule has 0 aromatic heterocycles. The molecule has 518 valence electrons. The minimum Gasteiger partial charge on any atom is -0.335 e. The van der Waals surface area contributed by atoms with Crippen LogP contribution in [0.2, 0.25) is 0 Å². The van der Waals surface area contributed by atoms with E-state index in [1.807, 2.05) is 0 Å². The Kier molecular flexibility index (Phi) is 12.6. The van der Waals surface area contributed by atoms with Crippen LogP contribution in [0.25, 0.3) is 109 Å². The topological polar surface area (TPSA) is 13.0 Å². The molecule has 4 fully saturated rings. The van der Waals surface area contributed by atoms with Crippen LogP contribution >= 0.6 is 0 Å². The smallest absolute Gasteiger partial charge is 0.0495 e. The van der Waals surface area contributed by atoms with Crippen LogP contribution in [-0.2, 0) is 0 Å². The third kappa shape index (κ3) is 7.95. The van der Waals surface area contributed by atoms with Crippen LogP contribution in [0.5, 0.6) is 0 Å². The quantitative estimate of drug-likeness (QED) is 0.150. The largest absolute Gasteiger partial charge is 0.335 e. The Hall–Kier alpha value is -10.4. The molecular formula is C102H90N4. The maximum absolute atomic E-state index is 2.71. The molecule has 4 heterocycles. The highest BCUT2D eigenvalue weighted by Gasteiger charge is 2.58. The van der Waals surface area contributed by atoms with Gasteiger partial charge < -0.3 is 19.6 Å². The molecule has 0 bridgehead atoms. The first-order chi connectivity index (χ1) is 51.7.